The van der Waals surface area contributed by atoms with Crippen molar-refractivity contribution in [1.82, 2.24) is 4.57 Å². The Labute approximate surface area is 77.4 Å². The van der Waals surface area contributed by atoms with E-state index in [9.17, 15) is 0 Å². The minimum absolute atomic E-state index is 0.112. The maximum atomic E-state index is 9.16. The molecule has 0 fully saturated rings. The van der Waals surface area contributed by atoms with Gasteiger partial charge in [-0.3, -0.25) is 0 Å². The predicted octanol–water partition coefficient (Wildman–Crippen LogP) is 2.15. The van der Waals surface area contributed by atoms with Gasteiger partial charge in [0.2, 0.25) is 0 Å². The number of aliphatic hydroxyl groups excluding tert-OH is 1. The Morgan fingerprint density at radius 3 is 2.85 bits per heavy atom. The molecule has 0 aliphatic carbocycles. The van der Waals surface area contributed by atoms with Gasteiger partial charge in [-0.15, -0.1) is 0 Å². The lowest BCUT2D eigenvalue weighted by molar-refractivity contribution is 0.283. The van der Waals surface area contributed by atoms with Gasteiger partial charge in [0.1, 0.15) is 0 Å². The summed E-state index contributed by atoms with van der Waals surface area (Å²) < 4.78 is 2.15. The smallest absolute Gasteiger partial charge is 0.0702 e. The van der Waals surface area contributed by atoms with Crippen LogP contribution in [0.1, 0.15) is 12.5 Å². The first-order valence-corrected chi connectivity index (χ1v) is 4.54. The first kappa shape index (κ1) is 8.32. The lowest BCUT2D eigenvalue weighted by Crippen LogP contribution is -1.95. The summed E-state index contributed by atoms with van der Waals surface area (Å²) in [7, 11) is 0. The topological polar surface area (TPSA) is 25.2 Å². The summed E-state index contributed by atoms with van der Waals surface area (Å²) in [6.07, 6.45) is 2.06. The highest BCUT2D eigenvalue weighted by molar-refractivity contribution is 5.83. The molecule has 68 valence electrons. The molecule has 0 bridgehead atoms. The van der Waals surface area contributed by atoms with E-state index in [0.717, 1.165) is 17.6 Å². The van der Waals surface area contributed by atoms with Crippen LogP contribution < -0.4 is 0 Å². The number of aliphatic hydroxyl groups is 1. The zero-order chi connectivity index (χ0) is 9.26. The molecule has 13 heavy (non-hydrogen) atoms. The van der Waals surface area contributed by atoms with E-state index in [-0.39, 0.29) is 6.61 Å². The fourth-order valence-corrected chi connectivity index (χ4v) is 1.73. The van der Waals surface area contributed by atoms with Crippen molar-refractivity contribution in [2.75, 3.05) is 0 Å². The normalized spacial score (nSPS) is 10.9. The van der Waals surface area contributed by atoms with Gasteiger partial charge in [-0.25, -0.2) is 0 Å². The highest BCUT2D eigenvalue weighted by Gasteiger charge is 2.03. The molecule has 0 saturated heterocycles. The van der Waals surface area contributed by atoms with Crippen molar-refractivity contribution in [3.63, 3.8) is 0 Å². The van der Waals surface area contributed by atoms with Gasteiger partial charge in [0.05, 0.1) is 12.1 Å². The summed E-state index contributed by atoms with van der Waals surface area (Å²) in [6, 6.07) is 8.10. The van der Waals surface area contributed by atoms with Gasteiger partial charge in [-0.1, -0.05) is 18.2 Å². The van der Waals surface area contributed by atoms with E-state index in [1.165, 1.54) is 5.39 Å². The predicted molar refractivity (Wildman–Crippen MR) is 53.5 cm³/mol. The van der Waals surface area contributed by atoms with Gasteiger partial charge in [-0.05, 0) is 18.4 Å². The molecule has 2 aromatic rings. The molecule has 0 aliphatic heterocycles. The molecule has 1 heterocycles. The van der Waals surface area contributed by atoms with Crippen LogP contribution in [0.5, 0.6) is 0 Å². The van der Waals surface area contributed by atoms with E-state index in [4.69, 9.17) is 5.11 Å². The minimum atomic E-state index is 0.112. The van der Waals surface area contributed by atoms with E-state index in [2.05, 4.69) is 29.8 Å². The third-order valence-corrected chi connectivity index (χ3v) is 2.38. The Balaban J connectivity index is 2.76. The standard InChI is InChI=1S/C11H13NO/c1-2-12-7-6-9-4-3-5-10(8-13)11(9)12/h3-7,13H,2,8H2,1H3. The molecule has 0 aliphatic rings. The average Bonchev–Trinajstić information content (AvgIpc) is 2.60. The first-order chi connectivity index (χ1) is 6.36. The van der Waals surface area contributed by atoms with Gasteiger partial charge < -0.3 is 9.67 Å². The second-order valence-electron chi connectivity index (χ2n) is 3.11. The molecule has 1 N–H and O–H groups in total. The zero-order valence-electron chi connectivity index (χ0n) is 7.70. The van der Waals surface area contributed by atoms with Crippen LogP contribution in [0.3, 0.4) is 0 Å². The molecule has 1 aromatic carbocycles. The number of aryl methyl sites for hydroxylation is 1. The van der Waals surface area contributed by atoms with Gasteiger partial charge in [-0.2, -0.15) is 0 Å². The molecular formula is C11H13NO. The van der Waals surface area contributed by atoms with Crippen molar-refractivity contribution in [3.8, 4) is 0 Å². The van der Waals surface area contributed by atoms with Gasteiger partial charge in [0.25, 0.3) is 0 Å². The second-order valence-corrected chi connectivity index (χ2v) is 3.11. The van der Waals surface area contributed by atoms with E-state index in [1.807, 2.05) is 12.1 Å². The second kappa shape index (κ2) is 3.23. The Kier molecular flexibility index (Phi) is 2.07. The molecule has 2 nitrogen and oxygen atoms in total. The molecule has 0 radical (unpaired) electrons. The number of fused-ring (bicyclic) bond motifs is 1. The quantitative estimate of drug-likeness (QED) is 0.743. The van der Waals surface area contributed by atoms with E-state index in [1.54, 1.807) is 0 Å². The SMILES string of the molecule is CCn1ccc2cccc(CO)c21. The van der Waals surface area contributed by atoms with Gasteiger partial charge in [0.15, 0.2) is 0 Å². The molecule has 0 atom stereocenters. The van der Waals surface area contributed by atoms with E-state index >= 15 is 0 Å². The zero-order valence-corrected chi connectivity index (χ0v) is 7.70. The van der Waals surface area contributed by atoms with Crippen LogP contribution in [0, 0.1) is 0 Å². The molecule has 2 heteroatoms. The van der Waals surface area contributed by atoms with Gasteiger partial charge in [0, 0.05) is 18.3 Å². The number of rotatable bonds is 2. The van der Waals surface area contributed by atoms with Crippen LogP contribution in [-0.2, 0) is 13.2 Å². The van der Waals surface area contributed by atoms with Crippen LogP contribution in [0.25, 0.3) is 10.9 Å². The van der Waals surface area contributed by atoms with Crippen molar-refractivity contribution in [2.24, 2.45) is 0 Å². The highest BCUT2D eigenvalue weighted by atomic mass is 16.3. The van der Waals surface area contributed by atoms with E-state index < -0.39 is 0 Å². The van der Waals surface area contributed by atoms with Crippen molar-refractivity contribution >= 4 is 10.9 Å². The minimum Gasteiger partial charge on any atom is -0.392 e. The lowest BCUT2D eigenvalue weighted by atomic mass is 10.1. The summed E-state index contributed by atoms with van der Waals surface area (Å²) in [5.41, 5.74) is 2.16. The first-order valence-electron chi connectivity index (χ1n) is 4.54. The highest BCUT2D eigenvalue weighted by Crippen LogP contribution is 2.20. The molecular weight excluding hydrogens is 162 g/mol. The Bertz CT molecular complexity index is 417. The fraction of sp³-hybridized carbons (Fsp3) is 0.273. The molecule has 0 unspecified atom stereocenters. The lowest BCUT2D eigenvalue weighted by Gasteiger charge is -2.04. The van der Waals surface area contributed by atoms with Crippen molar-refractivity contribution in [3.05, 3.63) is 36.0 Å². The summed E-state index contributed by atoms with van der Waals surface area (Å²) in [6.45, 7) is 3.16. The maximum Gasteiger partial charge on any atom is 0.0702 e. The van der Waals surface area contributed by atoms with Gasteiger partial charge >= 0.3 is 0 Å². The Morgan fingerprint density at radius 1 is 1.31 bits per heavy atom. The fourth-order valence-electron chi connectivity index (χ4n) is 1.73. The number of hydrogen-bond acceptors (Lipinski definition) is 1. The molecule has 0 amide bonds. The van der Waals surface area contributed by atoms with Crippen molar-refractivity contribution < 1.29 is 5.11 Å². The van der Waals surface area contributed by atoms with Crippen molar-refractivity contribution in [1.29, 1.82) is 0 Å². The van der Waals surface area contributed by atoms with Crippen LogP contribution in [0.2, 0.25) is 0 Å². The van der Waals surface area contributed by atoms with Crippen LogP contribution in [0.4, 0.5) is 0 Å². The van der Waals surface area contributed by atoms with E-state index in [0.29, 0.717) is 0 Å². The van der Waals surface area contributed by atoms with Crippen LogP contribution in [0.15, 0.2) is 30.5 Å². The van der Waals surface area contributed by atoms with Crippen LogP contribution >= 0.6 is 0 Å². The summed E-state index contributed by atoms with van der Waals surface area (Å²) in [5.74, 6) is 0. The number of para-hydroxylation sites is 1. The number of hydrogen-bond donors (Lipinski definition) is 1. The largest absolute Gasteiger partial charge is 0.392 e. The average molecular weight is 175 g/mol. The number of benzene rings is 1. The summed E-state index contributed by atoms with van der Waals surface area (Å²) in [4.78, 5) is 0. The third-order valence-electron chi connectivity index (χ3n) is 2.38. The Hall–Kier alpha value is -1.28. The molecule has 0 spiro atoms. The molecule has 2 rings (SSSR count). The summed E-state index contributed by atoms with van der Waals surface area (Å²) in [5, 5.41) is 10.4. The maximum absolute atomic E-state index is 9.16. The van der Waals surface area contributed by atoms with Crippen molar-refractivity contribution in [2.45, 2.75) is 20.1 Å². The van der Waals surface area contributed by atoms with Crippen LogP contribution in [-0.4, -0.2) is 9.67 Å². The monoisotopic (exact) mass is 175 g/mol. The Morgan fingerprint density at radius 2 is 2.15 bits per heavy atom. The molecule has 0 saturated carbocycles. The number of nitrogens with zero attached hydrogens (tertiary/aromatic N) is 1. The third kappa shape index (κ3) is 1.23. The molecule has 1 aromatic heterocycles. The summed E-state index contributed by atoms with van der Waals surface area (Å²) >= 11 is 0. The number of aromatic nitrogens is 1.